The van der Waals surface area contributed by atoms with Gasteiger partial charge in [0, 0.05) is 25.7 Å². The summed E-state index contributed by atoms with van der Waals surface area (Å²) < 4.78 is 25.6. The molecular formula is C15H24N2O3S. The first-order valence-corrected chi connectivity index (χ1v) is 9.11. The summed E-state index contributed by atoms with van der Waals surface area (Å²) in [7, 11) is -3.06. The highest BCUT2D eigenvalue weighted by atomic mass is 32.2. The van der Waals surface area contributed by atoms with Gasteiger partial charge in [-0.05, 0) is 37.0 Å². The van der Waals surface area contributed by atoms with Crippen molar-refractivity contribution in [2.24, 2.45) is 0 Å². The van der Waals surface area contributed by atoms with Crippen molar-refractivity contribution in [3.63, 3.8) is 0 Å². The molecule has 0 unspecified atom stereocenters. The minimum Gasteiger partial charge on any atom is -0.508 e. The number of hydrogen-bond acceptors (Lipinski definition) is 4. The number of rotatable bonds is 6. The van der Waals surface area contributed by atoms with Crippen LogP contribution in [0.2, 0.25) is 0 Å². The fourth-order valence-electron chi connectivity index (χ4n) is 2.65. The maximum absolute atomic E-state index is 12.0. The number of nitrogens with zero attached hydrogens (tertiary/aromatic N) is 1. The van der Waals surface area contributed by atoms with Crippen LogP contribution in [0.5, 0.6) is 5.75 Å². The molecule has 2 rings (SSSR count). The Hall–Kier alpha value is -1.11. The number of phenolic OH excluding ortho intramolecular Hbond substituents is 1. The molecule has 5 nitrogen and oxygen atoms in total. The molecule has 0 amide bonds. The smallest absolute Gasteiger partial charge is 0.214 e. The lowest BCUT2D eigenvalue weighted by Crippen LogP contribution is -2.45. The first-order valence-electron chi connectivity index (χ1n) is 7.50. The Labute approximate surface area is 127 Å². The molecule has 1 heterocycles. The molecule has 0 spiro atoms. The summed E-state index contributed by atoms with van der Waals surface area (Å²) in [6.07, 6.45) is 2.33. The molecule has 0 saturated carbocycles. The van der Waals surface area contributed by atoms with Gasteiger partial charge in [-0.3, -0.25) is 0 Å². The predicted octanol–water partition coefficient (Wildman–Crippen LogP) is 1.69. The summed E-state index contributed by atoms with van der Waals surface area (Å²) in [5.41, 5.74) is 1.04. The zero-order valence-electron chi connectivity index (χ0n) is 12.5. The summed E-state index contributed by atoms with van der Waals surface area (Å²) in [6.45, 7) is 3.78. The van der Waals surface area contributed by atoms with Crippen molar-refractivity contribution in [3.8, 4) is 5.75 Å². The van der Waals surface area contributed by atoms with Crippen molar-refractivity contribution in [2.75, 3.05) is 18.8 Å². The van der Waals surface area contributed by atoms with Gasteiger partial charge < -0.3 is 10.4 Å². The number of piperidine rings is 1. The van der Waals surface area contributed by atoms with E-state index >= 15 is 0 Å². The average Bonchev–Trinajstić information content (AvgIpc) is 2.46. The van der Waals surface area contributed by atoms with E-state index in [0.717, 1.165) is 18.4 Å². The van der Waals surface area contributed by atoms with Crippen LogP contribution >= 0.6 is 0 Å². The van der Waals surface area contributed by atoms with Crippen LogP contribution in [0.3, 0.4) is 0 Å². The van der Waals surface area contributed by atoms with Crippen LogP contribution in [-0.2, 0) is 16.6 Å². The molecule has 6 heteroatoms. The molecule has 1 aromatic rings. The van der Waals surface area contributed by atoms with Crippen LogP contribution < -0.4 is 5.32 Å². The lowest BCUT2D eigenvalue weighted by molar-refractivity contribution is 0.288. The minimum atomic E-state index is -3.06. The summed E-state index contributed by atoms with van der Waals surface area (Å²) >= 11 is 0. The zero-order chi connectivity index (χ0) is 15.3. The van der Waals surface area contributed by atoms with Crippen LogP contribution in [0.25, 0.3) is 0 Å². The molecule has 1 aliphatic rings. The van der Waals surface area contributed by atoms with Crippen molar-refractivity contribution in [1.82, 2.24) is 9.62 Å². The van der Waals surface area contributed by atoms with Gasteiger partial charge in [0.2, 0.25) is 10.0 Å². The first-order chi connectivity index (χ1) is 10.0. The largest absolute Gasteiger partial charge is 0.508 e. The molecule has 0 radical (unpaired) electrons. The lowest BCUT2D eigenvalue weighted by atomic mass is 10.1. The maximum atomic E-state index is 12.0. The van der Waals surface area contributed by atoms with E-state index in [-0.39, 0.29) is 11.5 Å². The lowest BCUT2D eigenvalue weighted by Gasteiger charge is -2.31. The molecule has 1 aliphatic heterocycles. The average molecular weight is 312 g/mol. The SMILES string of the molecule is CCCS(=O)(=O)N1CCC(NCc2cccc(O)c2)CC1. The fraction of sp³-hybridized carbons (Fsp3) is 0.600. The van der Waals surface area contributed by atoms with E-state index in [4.69, 9.17) is 0 Å². The van der Waals surface area contributed by atoms with E-state index in [1.807, 2.05) is 19.1 Å². The molecule has 0 bridgehead atoms. The number of aromatic hydroxyl groups is 1. The molecule has 2 N–H and O–H groups in total. The molecule has 0 atom stereocenters. The van der Waals surface area contributed by atoms with Gasteiger partial charge in [-0.15, -0.1) is 0 Å². The van der Waals surface area contributed by atoms with Gasteiger partial charge >= 0.3 is 0 Å². The van der Waals surface area contributed by atoms with Crippen LogP contribution in [0, 0.1) is 0 Å². The Kier molecular flexibility index (Phi) is 5.61. The number of hydrogen-bond donors (Lipinski definition) is 2. The third-order valence-corrected chi connectivity index (χ3v) is 5.89. The van der Waals surface area contributed by atoms with Gasteiger partial charge in [0.25, 0.3) is 0 Å². The highest BCUT2D eigenvalue weighted by Gasteiger charge is 2.26. The Bertz CT molecular complexity index is 552. The molecule has 1 fully saturated rings. The van der Waals surface area contributed by atoms with Gasteiger partial charge in [0.05, 0.1) is 5.75 Å². The normalized spacial score (nSPS) is 18.0. The standard InChI is InChI=1S/C15H24N2O3S/c1-2-10-21(19,20)17-8-6-14(7-9-17)16-12-13-4-3-5-15(18)11-13/h3-5,11,14,16,18H,2,6-10,12H2,1H3. The van der Waals surface area contributed by atoms with Gasteiger partial charge in [-0.25, -0.2) is 12.7 Å². The molecule has 1 aromatic carbocycles. The number of sulfonamides is 1. The quantitative estimate of drug-likeness (QED) is 0.838. The highest BCUT2D eigenvalue weighted by molar-refractivity contribution is 7.89. The van der Waals surface area contributed by atoms with Gasteiger partial charge in [-0.1, -0.05) is 19.1 Å². The molecular weight excluding hydrogens is 288 g/mol. The van der Waals surface area contributed by atoms with Gasteiger partial charge in [0.1, 0.15) is 5.75 Å². The molecule has 0 aromatic heterocycles. The van der Waals surface area contributed by atoms with E-state index in [1.165, 1.54) is 0 Å². The summed E-state index contributed by atoms with van der Waals surface area (Å²) in [6, 6.07) is 7.52. The fourth-order valence-corrected chi connectivity index (χ4v) is 4.20. The van der Waals surface area contributed by atoms with Crippen molar-refractivity contribution in [3.05, 3.63) is 29.8 Å². The molecule has 0 aliphatic carbocycles. The molecule has 21 heavy (non-hydrogen) atoms. The molecule has 1 saturated heterocycles. The van der Waals surface area contributed by atoms with Crippen molar-refractivity contribution < 1.29 is 13.5 Å². The van der Waals surface area contributed by atoms with Crippen LogP contribution in [0.15, 0.2) is 24.3 Å². The second-order valence-corrected chi connectivity index (χ2v) is 7.63. The summed E-state index contributed by atoms with van der Waals surface area (Å²) in [5, 5.41) is 12.9. The first kappa shape index (κ1) is 16.3. The predicted molar refractivity (Wildman–Crippen MR) is 83.6 cm³/mol. The van der Waals surface area contributed by atoms with Gasteiger partial charge in [0.15, 0.2) is 0 Å². The van der Waals surface area contributed by atoms with E-state index in [2.05, 4.69) is 5.32 Å². The monoisotopic (exact) mass is 312 g/mol. The Morgan fingerprint density at radius 2 is 2.05 bits per heavy atom. The van der Waals surface area contributed by atoms with Crippen molar-refractivity contribution in [2.45, 2.75) is 38.8 Å². The third kappa shape index (κ3) is 4.69. The highest BCUT2D eigenvalue weighted by Crippen LogP contribution is 2.16. The molecule has 118 valence electrons. The van der Waals surface area contributed by atoms with E-state index in [9.17, 15) is 13.5 Å². The second-order valence-electron chi connectivity index (χ2n) is 5.54. The van der Waals surface area contributed by atoms with Crippen LogP contribution in [-0.4, -0.2) is 42.7 Å². The number of phenols is 1. The van der Waals surface area contributed by atoms with E-state index < -0.39 is 10.0 Å². The van der Waals surface area contributed by atoms with Crippen LogP contribution in [0.4, 0.5) is 0 Å². The number of benzene rings is 1. The van der Waals surface area contributed by atoms with E-state index in [0.29, 0.717) is 32.1 Å². The van der Waals surface area contributed by atoms with Crippen molar-refractivity contribution in [1.29, 1.82) is 0 Å². The Morgan fingerprint density at radius 1 is 1.33 bits per heavy atom. The van der Waals surface area contributed by atoms with Gasteiger partial charge in [-0.2, -0.15) is 0 Å². The zero-order valence-corrected chi connectivity index (χ0v) is 13.3. The second kappa shape index (κ2) is 7.24. The Balaban J connectivity index is 1.79. The number of nitrogens with one attached hydrogen (secondary N) is 1. The van der Waals surface area contributed by atoms with E-state index in [1.54, 1.807) is 16.4 Å². The van der Waals surface area contributed by atoms with Crippen molar-refractivity contribution >= 4 is 10.0 Å². The third-order valence-electron chi connectivity index (χ3n) is 3.81. The minimum absolute atomic E-state index is 0.244. The topological polar surface area (TPSA) is 69.6 Å². The maximum Gasteiger partial charge on any atom is 0.214 e. The van der Waals surface area contributed by atoms with Crippen LogP contribution in [0.1, 0.15) is 31.7 Å². The summed E-state index contributed by atoms with van der Waals surface area (Å²) in [4.78, 5) is 0. The summed E-state index contributed by atoms with van der Waals surface area (Å²) in [5.74, 6) is 0.517. The Morgan fingerprint density at radius 3 is 2.67 bits per heavy atom.